The van der Waals surface area contributed by atoms with E-state index in [4.69, 9.17) is 23.1 Å². The van der Waals surface area contributed by atoms with Crippen molar-refractivity contribution < 1.29 is 33.0 Å². The Morgan fingerprint density at radius 2 is 1.68 bits per heavy atom. The van der Waals surface area contributed by atoms with Gasteiger partial charge >= 0.3 is 14.7 Å². The molecular formula is C22H33NO7Si. The summed E-state index contributed by atoms with van der Waals surface area (Å²) in [6.07, 6.45) is -3.43. The van der Waals surface area contributed by atoms with Crippen molar-refractivity contribution in [3.63, 3.8) is 0 Å². The van der Waals surface area contributed by atoms with Crippen LogP contribution in [-0.2, 0) is 18.3 Å². The SMILES string of the molecule is COc1ccc(N2C(=O)O[C@H]3[C@@H]4O[Si](C(C)(C)C)(C(C)(C)C)OC[C@H]4O[C@H](O)[C@H]32)cc1. The molecule has 3 aliphatic heterocycles. The van der Waals surface area contributed by atoms with Gasteiger partial charge in [0.05, 0.1) is 13.7 Å². The number of nitrogens with zero attached hydrogens (tertiary/aromatic N) is 1. The highest BCUT2D eigenvalue weighted by Gasteiger charge is 2.67. The molecule has 0 spiro atoms. The van der Waals surface area contributed by atoms with Crippen LogP contribution in [0.25, 0.3) is 0 Å². The minimum Gasteiger partial charge on any atom is -0.497 e. The molecule has 8 nitrogen and oxygen atoms in total. The molecule has 3 saturated heterocycles. The topological polar surface area (TPSA) is 86.7 Å². The number of amides is 1. The zero-order valence-corrected chi connectivity index (χ0v) is 20.2. The van der Waals surface area contributed by atoms with E-state index in [0.717, 1.165) is 0 Å². The number of ether oxygens (including phenoxy) is 3. The van der Waals surface area contributed by atoms with Crippen molar-refractivity contribution in [3.8, 4) is 5.75 Å². The highest BCUT2D eigenvalue weighted by molar-refractivity contribution is 6.73. The lowest BCUT2D eigenvalue weighted by molar-refractivity contribution is -0.251. The summed E-state index contributed by atoms with van der Waals surface area (Å²) in [4.78, 5) is 14.3. The lowest BCUT2D eigenvalue weighted by Crippen LogP contribution is -2.71. The maximum absolute atomic E-state index is 12.9. The van der Waals surface area contributed by atoms with E-state index in [-0.39, 0.29) is 10.1 Å². The van der Waals surface area contributed by atoms with Crippen LogP contribution >= 0.6 is 0 Å². The molecule has 0 radical (unpaired) electrons. The number of anilines is 1. The van der Waals surface area contributed by atoms with Crippen LogP contribution in [0.15, 0.2) is 24.3 Å². The van der Waals surface area contributed by atoms with Crippen LogP contribution in [-0.4, -0.2) is 64.1 Å². The van der Waals surface area contributed by atoms with Crippen molar-refractivity contribution >= 4 is 20.3 Å². The van der Waals surface area contributed by atoms with Gasteiger partial charge in [0, 0.05) is 15.8 Å². The van der Waals surface area contributed by atoms with Gasteiger partial charge in [-0.25, -0.2) is 4.79 Å². The van der Waals surface area contributed by atoms with Crippen molar-refractivity contribution in [1.82, 2.24) is 0 Å². The summed E-state index contributed by atoms with van der Waals surface area (Å²) in [5.41, 5.74) is 0.599. The summed E-state index contributed by atoms with van der Waals surface area (Å²) in [6, 6.07) is 6.32. The van der Waals surface area contributed by atoms with Gasteiger partial charge in [-0.05, 0) is 24.3 Å². The minimum atomic E-state index is -2.80. The second kappa shape index (κ2) is 7.45. The van der Waals surface area contributed by atoms with Crippen molar-refractivity contribution in [1.29, 1.82) is 0 Å². The third-order valence-electron chi connectivity index (χ3n) is 6.44. The van der Waals surface area contributed by atoms with E-state index in [0.29, 0.717) is 18.0 Å². The zero-order chi connectivity index (χ0) is 22.8. The van der Waals surface area contributed by atoms with Gasteiger partial charge in [0.2, 0.25) is 0 Å². The maximum Gasteiger partial charge on any atom is 0.415 e. The molecule has 5 atom stereocenters. The maximum atomic E-state index is 12.9. The smallest absolute Gasteiger partial charge is 0.415 e. The average molecular weight is 452 g/mol. The Bertz CT molecular complexity index is 818. The normalized spacial score (nSPS) is 32.8. The Balaban J connectivity index is 1.68. The van der Waals surface area contributed by atoms with Gasteiger partial charge in [-0.2, -0.15) is 0 Å². The molecule has 1 N–H and O–H groups in total. The van der Waals surface area contributed by atoms with Crippen LogP contribution in [0, 0.1) is 0 Å². The van der Waals surface area contributed by atoms with E-state index in [9.17, 15) is 9.90 Å². The number of fused-ring (bicyclic) bond motifs is 3. The molecule has 0 saturated carbocycles. The number of aliphatic hydroxyl groups excluding tert-OH is 1. The van der Waals surface area contributed by atoms with Gasteiger partial charge in [0.1, 0.15) is 24.0 Å². The lowest BCUT2D eigenvalue weighted by atomic mass is 9.96. The third-order valence-corrected chi connectivity index (χ3v) is 11.6. The fourth-order valence-corrected chi connectivity index (χ4v) is 10.2. The number of methoxy groups -OCH3 is 1. The van der Waals surface area contributed by atoms with E-state index in [1.54, 1.807) is 31.4 Å². The van der Waals surface area contributed by atoms with Crippen LogP contribution in [0.3, 0.4) is 0 Å². The quantitative estimate of drug-likeness (QED) is 0.688. The zero-order valence-electron chi connectivity index (χ0n) is 19.2. The molecule has 3 fully saturated rings. The molecule has 1 aromatic carbocycles. The molecule has 3 aliphatic rings. The summed E-state index contributed by atoms with van der Waals surface area (Å²) in [5, 5.41) is 10.4. The third kappa shape index (κ3) is 3.47. The number of hydrogen-bond acceptors (Lipinski definition) is 7. The number of aliphatic hydroxyl groups is 1. The molecule has 3 heterocycles. The van der Waals surface area contributed by atoms with Gasteiger partial charge in [0.25, 0.3) is 0 Å². The number of carbonyl (C=O) groups excluding carboxylic acids is 1. The second-order valence-corrected chi connectivity index (χ2v) is 15.2. The predicted molar refractivity (Wildman–Crippen MR) is 116 cm³/mol. The Morgan fingerprint density at radius 3 is 2.23 bits per heavy atom. The standard InChI is InChI=1S/C22H33NO7Si/c1-21(2,3)31(22(4,5)6)27-12-15-17(30-31)18-16(19(24)28-15)23(20(25)29-18)13-8-10-14(26-7)11-9-13/h8-11,15-19,24H,12H2,1-7H3/t15-,16+,17-,18-,19+/m1/s1. The summed E-state index contributed by atoms with van der Waals surface area (Å²) in [6.45, 7) is 13.1. The summed E-state index contributed by atoms with van der Waals surface area (Å²) in [5.74, 6) is 0.673. The van der Waals surface area contributed by atoms with E-state index in [1.165, 1.54) is 4.90 Å². The minimum absolute atomic E-state index is 0.222. The average Bonchev–Trinajstić information content (AvgIpc) is 3.04. The van der Waals surface area contributed by atoms with E-state index in [2.05, 4.69) is 41.5 Å². The molecule has 0 unspecified atom stereocenters. The van der Waals surface area contributed by atoms with E-state index >= 15 is 0 Å². The highest BCUT2D eigenvalue weighted by Crippen LogP contribution is 2.55. The van der Waals surface area contributed by atoms with Crippen LogP contribution in [0.2, 0.25) is 10.1 Å². The molecule has 0 aromatic heterocycles. The Hall–Kier alpha value is -1.65. The van der Waals surface area contributed by atoms with Crippen molar-refractivity contribution in [3.05, 3.63) is 24.3 Å². The molecule has 4 rings (SSSR count). The molecule has 172 valence electrons. The van der Waals surface area contributed by atoms with Crippen molar-refractivity contribution in [2.24, 2.45) is 0 Å². The fourth-order valence-electron chi connectivity index (χ4n) is 5.25. The first-order valence-corrected chi connectivity index (χ1v) is 12.5. The molecule has 1 aromatic rings. The van der Waals surface area contributed by atoms with Crippen molar-refractivity contribution in [2.45, 2.75) is 82.3 Å². The van der Waals surface area contributed by atoms with Gasteiger partial charge in [-0.15, -0.1) is 0 Å². The summed E-state index contributed by atoms with van der Waals surface area (Å²) >= 11 is 0. The van der Waals surface area contributed by atoms with Crippen molar-refractivity contribution in [2.75, 3.05) is 18.6 Å². The number of benzene rings is 1. The molecule has 31 heavy (non-hydrogen) atoms. The fraction of sp³-hybridized carbons (Fsp3) is 0.682. The second-order valence-electron chi connectivity index (χ2n) is 10.5. The van der Waals surface area contributed by atoms with Crippen LogP contribution in [0.5, 0.6) is 5.75 Å². The molecule has 9 heteroatoms. The van der Waals surface area contributed by atoms with Gasteiger partial charge in [0.15, 0.2) is 12.4 Å². The number of rotatable bonds is 2. The van der Waals surface area contributed by atoms with Gasteiger partial charge in [-0.3, -0.25) is 4.90 Å². The summed E-state index contributed by atoms with van der Waals surface area (Å²) < 4.78 is 30.1. The molecular weight excluding hydrogens is 418 g/mol. The van der Waals surface area contributed by atoms with E-state index < -0.39 is 45.3 Å². The highest BCUT2D eigenvalue weighted by atomic mass is 28.4. The Morgan fingerprint density at radius 1 is 1.06 bits per heavy atom. The van der Waals surface area contributed by atoms with Gasteiger partial charge in [-0.1, -0.05) is 41.5 Å². The largest absolute Gasteiger partial charge is 0.497 e. The lowest BCUT2D eigenvalue weighted by Gasteiger charge is -2.56. The van der Waals surface area contributed by atoms with Gasteiger partial charge < -0.3 is 28.2 Å². The first-order chi connectivity index (χ1) is 14.4. The van der Waals surface area contributed by atoms with E-state index in [1.807, 2.05) is 0 Å². The molecule has 0 bridgehead atoms. The van der Waals surface area contributed by atoms with Crippen LogP contribution in [0.1, 0.15) is 41.5 Å². The predicted octanol–water partition coefficient (Wildman–Crippen LogP) is 3.56. The first kappa shape index (κ1) is 22.5. The summed E-state index contributed by atoms with van der Waals surface area (Å²) in [7, 11) is -1.22. The first-order valence-electron chi connectivity index (χ1n) is 10.7. The Labute approximate surface area is 184 Å². The monoisotopic (exact) mass is 451 g/mol. The Kier molecular flexibility index (Phi) is 5.42. The number of hydrogen-bond donors (Lipinski definition) is 1. The molecule has 1 amide bonds. The number of carbonyl (C=O) groups is 1. The van der Waals surface area contributed by atoms with Crippen LogP contribution < -0.4 is 9.64 Å². The van der Waals surface area contributed by atoms with Crippen LogP contribution in [0.4, 0.5) is 10.5 Å². The molecule has 0 aliphatic carbocycles.